The molecule has 1 fully saturated rings. The van der Waals surface area contributed by atoms with Crippen LogP contribution in [0.25, 0.3) is 5.69 Å². The zero-order valence-electron chi connectivity index (χ0n) is 23.3. The zero-order valence-corrected chi connectivity index (χ0v) is 23.3. The van der Waals surface area contributed by atoms with Gasteiger partial charge < -0.3 is 19.9 Å². The predicted octanol–water partition coefficient (Wildman–Crippen LogP) is 5.49. The Morgan fingerprint density at radius 3 is 2.51 bits per heavy atom. The van der Waals surface area contributed by atoms with Gasteiger partial charge >= 0.3 is 12.3 Å². The number of nitrogens with one attached hydrogen (secondary N) is 2. The third-order valence-corrected chi connectivity index (χ3v) is 6.66. The van der Waals surface area contributed by atoms with E-state index in [0.717, 1.165) is 29.5 Å². The average molecular weight is 575 g/mol. The molecule has 2 heterocycles. The Morgan fingerprint density at radius 2 is 1.90 bits per heavy atom. The number of halogens is 3. The number of hydrogen-bond acceptors (Lipinski definition) is 6. The van der Waals surface area contributed by atoms with Gasteiger partial charge in [0.1, 0.15) is 11.2 Å². The molecule has 1 atom stereocenters. The second-order valence-electron chi connectivity index (χ2n) is 11.1. The van der Waals surface area contributed by atoms with Crippen LogP contribution in [0.4, 0.5) is 18.0 Å². The van der Waals surface area contributed by atoms with Gasteiger partial charge in [-0.1, -0.05) is 11.2 Å². The van der Waals surface area contributed by atoms with Gasteiger partial charge in [0, 0.05) is 24.0 Å². The summed E-state index contributed by atoms with van der Waals surface area (Å²) in [6.45, 7) is 7.09. The number of ether oxygens (including phenoxy) is 1. The Balaban J connectivity index is 1.67. The maximum atomic E-state index is 13.7. The quantitative estimate of drug-likeness (QED) is 0.327. The van der Waals surface area contributed by atoms with Gasteiger partial charge in [0.15, 0.2) is 5.76 Å². The van der Waals surface area contributed by atoms with E-state index >= 15 is 0 Å². The lowest BCUT2D eigenvalue weighted by atomic mass is 10.0. The molecule has 1 unspecified atom stereocenters. The molecule has 1 aromatic carbocycles. The van der Waals surface area contributed by atoms with Gasteiger partial charge in [-0.25, -0.2) is 4.79 Å². The summed E-state index contributed by atoms with van der Waals surface area (Å²) in [7, 11) is 0. The van der Waals surface area contributed by atoms with Crippen LogP contribution in [0.1, 0.15) is 79.0 Å². The first-order chi connectivity index (χ1) is 19.2. The van der Waals surface area contributed by atoms with Crippen LogP contribution in [0.2, 0.25) is 0 Å². The summed E-state index contributed by atoms with van der Waals surface area (Å²) in [4.78, 5) is 39.2. The van der Waals surface area contributed by atoms with E-state index in [0.29, 0.717) is 29.9 Å². The van der Waals surface area contributed by atoms with Gasteiger partial charge in [-0.2, -0.15) is 13.2 Å². The highest BCUT2D eigenvalue weighted by Crippen LogP contribution is 2.41. The molecule has 0 aliphatic heterocycles. The normalized spacial score (nSPS) is 14.4. The maximum absolute atomic E-state index is 13.7. The number of alkyl halides is 3. The van der Waals surface area contributed by atoms with E-state index in [2.05, 4.69) is 15.8 Å². The van der Waals surface area contributed by atoms with Crippen LogP contribution in [0.15, 0.2) is 51.9 Å². The van der Waals surface area contributed by atoms with E-state index in [-0.39, 0.29) is 23.7 Å². The van der Waals surface area contributed by atoms with Crippen molar-refractivity contribution in [3.63, 3.8) is 0 Å². The third kappa shape index (κ3) is 7.56. The molecule has 0 spiro atoms. The molecule has 41 heavy (non-hydrogen) atoms. The molecule has 0 saturated heterocycles. The van der Waals surface area contributed by atoms with Gasteiger partial charge in [-0.05, 0) is 89.1 Å². The van der Waals surface area contributed by atoms with Crippen LogP contribution in [-0.4, -0.2) is 33.9 Å². The molecule has 2 amide bonds. The lowest BCUT2D eigenvalue weighted by Crippen LogP contribution is -2.36. The predicted molar refractivity (Wildman–Crippen MR) is 144 cm³/mol. The largest absolute Gasteiger partial charge is 0.444 e. The summed E-state index contributed by atoms with van der Waals surface area (Å²) in [6.07, 6.45) is -1.25. The van der Waals surface area contributed by atoms with Gasteiger partial charge in [-0.3, -0.25) is 14.2 Å². The molecule has 2 aromatic heterocycles. The van der Waals surface area contributed by atoms with E-state index in [4.69, 9.17) is 9.26 Å². The third-order valence-electron chi connectivity index (χ3n) is 6.66. The Kier molecular flexibility index (Phi) is 8.60. The fourth-order valence-electron chi connectivity index (χ4n) is 4.54. The fraction of sp³-hybridized carbons (Fsp3) is 0.448. The molecule has 12 heteroatoms. The molecule has 3 aromatic rings. The number of carbonyl (C=O) groups excluding carboxylic acids is 2. The second kappa shape index (κ2) is 11.8. The van der Waals surface area contributed by atoms with Gasteiger partial charge in [0.25, 0.3) is 11.5 Å². The molecule has 1 aliphatic rings. The molecular formula is C29H33F3N4O5. The molecule has 0 bridgehead atoms. The first-order valence-electron chi connectivity index (χ1n) is 13.4. The molecule has 220 valence electrons. The standard InChI is InChI=1S/C29H33F3N4O5/c1-17-19(7-6-13-33-27(39)40-28(2,3)4)15-22(25(37)35-24(18-10-11-18)23-12-14-34-41-23)26(38)36(17)21-9-5-8-20(16-21)29(30,31)32/h5,8-9,12,14-16,18,24H,6-7,10-11,13H2,1-4H3,(H,33,39)(H,35,37). The maximum Gasteiger partial charge on any atom is 0.416 e. The monoisotopic (exact) mass is 574 g/mol. The number of carbonyl (C=O) groups is 2. The highest BCUT2D eigenvalue weighted by molar-refractivity contribution is 5.94. The van der Waals surface area contributed by atoms with Crippen molar-refractivity contribution in [1.29, 1.82) is 0 Å². The Labute approximate surface area is 235 Å². The molecule has 2 N–H and O–H groups in total. The van der Waals surface area contributed by atoms with E-state index in [9.17, 15) is 27.6 Å². The van der Waals surface area contributed by atoms with Crippen molar-refractivity contribution in [2.75, 3.05) is 6.54 Å². The number of amides is 2. The van der Waals surface area contributed by atoms with E-state index < -0.39 is 40.9 Å². The van der Waals surface area contributed by atoms with Crippen molar-refractivity contribution in [3.8, 4) is 5.69 Å². The molecule has 9 nitrogen and oxygen atoms in total. The number of benzene rings is 1. The molecule has 0 radical (unpaired) electrons. The summed E-state index contributed by atoms with van der Waals surface area (Å²) in [5.74, 6) is -0.0850. The Morgan fingerprint density at radius 1 is 1.17 bits per heavy atom. The number of aromatic nitrogens is 2. The number of rotatable bonds is 9. The summed E-state index contributed by atoms with van der Waals surface area (Å²) in [5.41, 5.74) is -1.60. The number of pyridine rings is 1. The van der Waals surface area contributed by atoms with Crippen LogP contribution in [0.3, 0.4) is 0 Å². The molecule has 4 rings (SSSR count). The summed E-state index contributed by atoms with van der Waals surface area (Å²) in [5, 5.41) is 9.23. The van der Waals surface area contributed by atoms with Crippen molar-refractivity contribution in [2.24, 2.45) is 5.92 Å². The van der Waals surface area contributed by atoms with Crippen LogP contribution >= 0.6 is 0 Å². The topological polar surface area (TPSA) is 115 Å². The highest BCUT2D eigenvalue weighted by Gasteiger charge is 2.36. The summed E-state index contributed by atoms with van der Waals surface area (Å²) < 4.78 is 52.1. The first kappa shape index (κ1) is 29.9. The number of aryl methyl sites for hydroxylation is 1. The van der Waals surface area contributed by atoms with Gasteiger partial charge in [-0.15, -0.1) is 0 Å². The minimum Gasteiger partial charge on any atom is -0.444 e. The van der Waals surface area contributed by atoms with Gasteiger partial charge in [0.2, 0.25) is 0 Å². The Bertz CT molecular complexity index is 1450. The number of nitrogens with zero attached hydrogens (tertiary/aromatic N) is 2. The van der Waals surface area contributed by atoms with Crippen LogP contribution in [0, 0.1) is 12.8 Å². The first-order valence-corrected chi connectivity index (χ1v) is 13.4. The fourth-order valence-corrected chi connectivity index (χ4v) is 4.54. The molecular weight excluding hydrogens is 541 g/mol. The molecule has 1 aliphatic carbocycles. The lowest BCUT2D eigenvalue weighted by molar-refractivity contribution is -0.137. The highest BCUT2D eigenvalue weighted by atomic mass is 19.4. The van der Waals surface area contributed by atoms with Crippen LogP contribution < -0.4 is 16.2 Å². The zero-order chi connectivity index (χ0) is 29.9. The lowest BCUT2D eigenvalue weighted by Gasteiger charge is -2.20. The summed E-state index contributed by atoms with van der Waals surface area (Å²) in [6, 6.07) is 7.02. The molecule has 1 saturated carbocycles. The van der Waals surface area contributed by atoms with Crippen LogP contribution in [-0.2, 0) is 17.3 Å². The van der Waals surface area contributed by atoms with Crippen molar-refractivity contribution in [2.45, 2.75) is 71.2 Å². The summed E-state index contributed by atoms with van der Waals surface area (Å²) >= 11 is 0. The average Bonchev–Trinajstić information content (AvgIpc) is 3.57. The number of alkyl carbamates (subject to hydrolysis) is 1. The second-order valence-corrected chi connectivity index (χ2v) is 11.1. The van der Waals surface area contributed by atoms with E-state index in [1.165, 1.54) is 24.4 Å². The van der Waals surface area contributed by atoms with Crippen LogP contribution in [0.5, 0.6) is 0 Å². The van der Waals surface area contributed by atoms with Crippen molar-refractivity contribution in [1.82, 2.24) is 20.4 Å². The van der Waals surface area contributed by atoms with Crippen molar-refractivity contribution in [3.05, 3.63) is 81.1 Å². The van der Waals surface area contributed by atoms with E-state index in [1.54, 1.807) is 33.8 Å². The van der Waals surface area contributed by atoms with Gasteiger partial charge in [0.05, 0.1) is 17.8 Å². The number of hydrogen-bond donors (Lipinski definition) is 2. The minimum absolute atomic E-state index is 0.0147. The Hall–Kier alpha value is -4.09. The SMILES string of the molecule is Cc1c(CCCNC(=O)OC(C)(C)C)cc(C(=O)NC(c2ccno2)C2CC2)c(=O)n1-c1cccc(C(F)(F)F)c1. The minimum atomic E-state index is -4.62. The van der Waals surface area contributed by atoms with E-state index in [1.807, 2.05) is 0 Å². The smallest absolute Gasteiger partial charge is 0.416 e. The van der Waals surface area contributed by atoms with Crippen molar-refractivity contribution < 1.29 is 32.0 Å². The van der Waals surface area contributed by atoms with Crippen molar-refractivity contribution >= 4 is 12.0 Å².